The number of methoxy groups -OCH3 is 1. The number of ether oxygens (including phenoxy) is 1. The third-order valence-corrected chi connectivity index (χ3v) is 3.25. The summed E-state index contributed by atoms with van der Waals surface area (Å²) in [7, 11) is 1.37. The minimum atomic E-state index is -1.16. The smallest absolute Gasteiger partial charge is 0.234 e. The van der Waals surface area contributed by atoms with Crippen molar-refractivity contribution < 1.29 is 19.1 Å². The van der Waals surface area contributed by atoms with Crippen molar-refractivity contribution in [3.63, 3.8) is 0 Å². The van der Waals surface area contributed by atoms with Crippen molar-refractivity contribution in [2.75, 3.05) is 13.7 Å². The SMILES string of the molecule is COCC(=O)C(NC(C(N)=O)C(C)C)C(=O)c1ccccc1. The van der Waals surface area contributed by atoms with Crippen LogP contribution in [-0.4, -0.2) is 43.3 Å². The van der Waals surface area contributed by atoms with Gasteiger partial charge in [-0.1, -0.05) is 44.2 Å². The molecule has 0 spiro atoms. The standard InChI is InChI=1S/C16H22N2O4/c1-10(2)13(16(17)21)18-14(12(19)9-22-3)15(20)11-7-5-4-6-8-11/h4-8,10,13-14,18H,9H2,1-3H3,(H2,17,21). The second-order valence-corrected chi connectivity index (χ2v) is 5.35. The van der Waals surface area contributed by atoms with E-state index in [1.807, 2.05) is 0 Å². The number of primary amides is 1. The van der Waals surface area contributed by atoms with Gasteiger partial charge in [0.1, 0.15) is 12.6 Å². The highest BCUT2D eigenvalue weighted by atomic mass is 16.5. The van der Waals surface area contributed by atoms with Crippen LogP contribution in [0.2, 0.25) is 0 Å². The fourth-order valence-corrected chi connectivity index (χ4v) is 2.09. The molecule has 2 atom stereocenters. The first kappa shape index (κ1) is 18.0. The van der Waals surface area contributed by atoms with E-state index in [2.05, 4.69) is 5.32 Å². The minimum absolute atomic E-state index is 0.154. The quantitative estimate of drug-likeness (QED) is 0.513. The van der Waals surface area contributed by atoms with Gasteiger partial charge in [0, 0.05) is 12.7 Å². The fourth-order valence-electron chi connectivity index (χ4n) is 2.09. The third kappa shape index (κ3) is 4.75. The van der Waals surface area contributed by atoms with E-state index in [1.54, 1.807) is 44.2 Å². The van der Waals surface area contributed by atoms with E-state index in [0.717, 1.165) is 0 Å². The van der Waals surface area contributed by atoms with Crippen LogP contribution in [0.25, 0.3) is 0 Å². The first-order valence-electron chi connectivity index (χ1n) is 7.04. The van der Waals surface area contributed by atoms with Crippen LogP contribution >= 0.6 is 0 Å². The normalized spacial score (nSPS) is 13.6. The van der Waals surface area contributed by atoms with Crippen LogP contribution in [0.15, 0.2) is 30.3 Å². The van der Waals surface area contributed by atoms with E-state index in [-0.39, 0.29) is 12.5 Å². The number of carbonyl (C=O) groups excluding carboxylic acids is 3. The molecular formula is C16H22N2O4. The zero-order valence-corrected chi connectivity index (χ0v) is 13.0. The Bertz CT molecular complexity index is 528. The monoisotopic (exact) mass is 306 g/mol. The number of hydrogen-bond acceptors (Lipinski definition) is 5. The van der Waals surface area contributed by atoms with E-state index < -0.39 is 29.6 Å². The molecule has 2 unspecified atom stereocenters. The number of carbonyl (C=O) groups is 3. The Kier molecular flexibility index (Phi) is 6.88. The van der Waals surface area contributed by atoms with Crippen LogP contribution in [0.4, 0.5) is 0 Å². The lowest BCUT2D eigenvalue weighted by Crippen LogP contribution is -2.55. The molecule has 1 aromatic carbocycles. The first-order valence-corrected chi connectivity index (χ1v) is 7.04. The molecule has 0 bridgehead atoms. The van der Waals surface area contributed by atoms with Crippen LogP contribution in [0, 0.1) is 5.92 Å². The summed E-state index contributed by atoms with van der Waals surface area (Å²) in [6, 6.07) is 6.48. The molecule has 1 amide bonds. The molecule has 22 heavy (non-hydrogen) atoms. The van der Waals surface area contributed by atoms with Gasteiger partial charge in [-0.15, -0.1) is 0 Å². The van der Waals surface area contributed by atoms with Gasteiger partial charge in [-0.2, -0.15) is 0 Å². The average Bonchev–Trinajstić information content (AvgIpc) is 2.47. The molecule has 0 fully saturated rings. The highest BCUT2D eigenvalue weighted by molar-refractivity contribution is 6.14. The zero-order valence-electron chi connectivity index (χ0n) is 13.0. The summed E-state index contributed by atoms with van der Waals surface area (Å²) in [5, 5.41) is 2.78. The van der Waals surface area contributed by atoms with Crippen molar-refractivity contribution >= 4 is 17.5 Å². The summed E-state index contributed by atoms with van der Waals surface area (Å²) in [5.74, 6) is -1.61. The molecule has 120 valence electrons. The van der Waals surface area contributed by atoms with Gasteiger partial charge in [0.15, 0.2) is 11.6 Å². The van der Waals surface area contributed by atoms with Crippen LogP contribution in [-0.2, 0) is 14.3 Å². The average molecular weight is 306 g/mol. The van der Waals surface area contributed by atoms with Crippen LogP contribution < -0.4 is 11.1 Å². The fraction of sp³-hybridized carbons (Fsp3) is 0.438. The number of nitrogens with one attached hydrogen (secondary N) is 1. The summed E-state index contributed by atoms with van der Waals surface area (Å²) in [6.45, 7) is 3.35. The van der Waals surface area contributed by atoms with E-state index in [4.69, 9.17) is 10.5 Å². The number of rotatable bonds is 9. The molecule has 1 rings (SSSR count). The van der Waals surface area contributed by atoms with Gasteiger partial charge in [0.05, 0.1) is 6.04 Å². The molecule has 0 heterocycles. The number of nitrogens with two attached hydrogens (primary N) is 1. The van der Waals surface area contributed by atoms with Gasteiger partial charge in [-0.05, 0) is 5.92 Å². The Morgan fingerprint density at radius 2 is 1.77 bits per heavy atom. The van der Waals surface area contributed by atoms with Gasteiger partial charge in [0.25, 0.3) is 0 Å². The minimum Gasteiger partial charge on any atom is -0.377 e. The maximum absolute atomic E-state index is 12.6. The highest BCUT2D eigenvalue weighted by Gasteiger charge is 2.32. The van der Waals surface area contributed by atoms with Gasteiger partial charge >= 0.3 is 0 Å². The zero-order chi connectivity index (χ0) is 16.7. The molecule has 0 saturated carbocycles. The second-order valence-electron chi connectivity index (χ2n) is 5.35. The van der Waals surface area contributed by atoms with Gasteiger partial charge in [-0.3, -0.25) is 19.7 Å². The number of Topliss-reactive ketones (excluding diaryl/α,β-unsaturated/α-hetero) is 2. The maximum Gasteiger partial charge on any atom is 0.234 e. The van der Waals surface area contributed by atoms with Crippen LogP contribution in [0.1, 0.15) is 24.2 Å². The van der Waals surface area contributed by atoms with Gasteiger partial charge in [-0.25, -0.2) is 0 Å². The Balaban J connectivity index is 3.05. The van der Waals surface area contributed by atoms with Crippen molar-refractivity contribution in [2.24, 2.45) is 11.7 Å². The van der Waals surface area contributed by atoms with E-state index in [0.29, 0.717) is 5.56 Å². The molecular weight excluding hydrogens is 284 g/mol. The van der Waals surface area contributed by atoms with E-state index >= 15 is 0 Å². The first-order chi connectivity index (χ1) is 10.4. The largest absolute Gasteiger partial charge is 0.377 e. The number of hydrogen-bond donors (Lipinski definition) is 2. The van der Waals surface area contributed by atoms with Crippen molar-refractivity contribution in [1.82, 2.24) is 5.32 Å². The molecule has 6 heteroatoms. The predicted octanol–water partition coefficient (Wildman–Crippen LogP) is 0.553. The third-order valence-electron chi connectivity index (χ3n) is 3.25. The highest BCUT2D eigenvalue weighted by Crippen LogP contribution is 2.09. The number of benzene rings is 1. The molecule has 1 aromatic rings. The van der Waals surface area contributed by atoms with Crippen molar-refractivity contribution in [3.05, 3.63) is 35.9 Å². The Morgan fingerprint density at radius 1 is 1.18 bits per heavy atom. The summed E-state index contributed by atoms with van der Waals surface area (Å²) in [5.41, 5.74) is 5.73. The van der Waals surface area contributed by atoms with Crippen molar-refractivity contribution in [2.45, 2.75) is 25.9 Å². The molecule has 0 radical (unpaired) electrons. The number of amides is 1. The molecule has 3 N–H and O–H groups in total. The van der Waals surface area contributed by atoms with Crippen LogP contribution in [0.5, 0.6) is 0 Å². The lowest BCUT2D eigenvalue weighted by atomic mass is 9.96. The molecule has 0 aliphatic heterocycles. The summed E-state index contributed by atoms with van der Waals surface area (Å²) < 4.78 is 4.82. The lowest BCUT2D eigenvalue weighted by Gasteiger charge is -2.24. The molecule has 0 saturated heterocycles. The topological polar surface area (TPSA) is 98.5 Å². The summed E-state index contributed by atoms with van der Waals surface area (Å²) in [6.07, 6.45) is 0. The van der Waals surface area contributed by atoms with E-state index in [1.165, 1.54) is 7.11 Å². The van der Waals surface area contributed by atoms with Gasteiger partial charge < -0.3 is 10.5 Å². The van der Waals surface area contributed by atoms with Crippen molar-refractivity contribution in [3.8, 4) is 0 Å². The Labute approximate surface area is 130 Å². The predicted molar refractivity (Wildman–Crippen MR) is 82.4 cm³/mol. The maximum atomic E-state index is 12.6. The van der Waals surface area contributed by atoms with Crippen molar-refractivity contribution in [1.29, 1.82) is 0 Å². The van der Waals surface area contributed by atoms with Crippen LogP contribution in [0.3, 0.4) is 0 Å². The molecule has 6 nitrogen and oxygen atoms in total. The second kappa shape index (κ2) is 8.41. The Hall–Kier alpha value is -2.05. The number of ketones is 2. The Morgan fingerprint density at radius 3 is 2.23 bits per heavy atom. The molecule has 0 aromatic heterocycles. The lowest BCUT2D eigenvalue weighted by molar-refractivity contribution is -0.125. The summed E-state index contributed by atoms with van der Waals surface area (Å²) >= 11 is 0. The van der Waals surface area contributed by atoms with Gasteiger partial charge in [0.2, 0.25) is 5.91 Å². The molecule has 0 aliphatic rings. The van der Waals surface area contributed by atoms with E-state index in [9.17, 15) is 14.4 Å². The summed E-state index contributed by atoms with van der Waals surface area (Å²) in [4.78, 5) is 36.3. The molecule has 0 aliphatic carbocycles.